The van der Waals surface area contributed by atoms with E-state index >= 15 is 0 Å². The second kappa shape index (κ2) is 5.28. The van der Waals surface area contributed by atoms with E-state index in [1.54, 1.807) is 6.07 Å². The number of benzene rings is 1. The first-order valence-corrected chi connectivity index (χ1v) is 6.67. The molecule has 2 nitrogen and oxygen atoms in total. The second-order valence-corrected chi connectivity index (χ2v) is 5.25. The molecule has 0 N–H and O–H groups in total. The van der Waals surface area contributed by atoms with Crippen LogP contribution in [0.25, 0.3) is 0 Å². The minimum Gasteiger partial charge on any atom is -0.334 e. The van der Waals surface area contributed by atoms with Gasteiger partial charge in [-0.2, -0.15) is 0 Å². The van der Waals surface area contributed by atoms with Crippen LogP contribution in [-0.4, -0.2) is 29.3 Å². The van der Waals surface area contributed by atoms with E-state index in [4.69, 9.17) is 23.2 Å². The van der Waals surface area contributed by atoms with Gasteiger partial charge in [-0.1, -0.05) is 11.6 Å². The largest absolute Gasteiger partial charge is 0.334 e. The van der Waals surface area contributed by atoms with Gasteiger partial charge in [-0.3, -0.25) is 4.79 Å². The van der Waals surface area contributed by atoms with Gasteiger partial charge in [0.25, 0.3) is 5.91 Å². The van der Waals surface area contributed by atoms with Crippen molar-refractivity contribution in [1.82, 2.24) is 4.90 Å². The molecule has 1 aliphatic rings. The molecule has 0 aromatic heterocycles. The van der Waals surface area contributed by atoms with Gasteiger partial charge in [-0.05, 0) is 43.5 Å². The summed E-state index contributed by atoms with van der Waals surface area (Å²) in [5, 5.41) is 0.606. The summed E-state index contributed by atoms with van der Waals surface area (Å²) in [4.78, 5) is 14.2. The van der Waals surface area contributed by atoms with E-state index in [-0.39, 0.29) is 5.91 Å². The Hall–Kier alpha value is -0.730. The molecule has 0 bridgehead atoms. The number of halogens is 2. The van der Waals surface area contributed by atoms with Crippen LogP contribution in [0.2, 0.25) is 5.02 Å². The highest BCUT2D eigenvalue weighted by atomic mass is 35.5. The van der Waals surface area contributed by atoms with Gasteiger partial charge in [0.15, 0.2) is 0 Å². The molecule has 1 saturated carbocycles. The van der Waals surface area contributed by atoms with Crippen molar-refractivity contribution in [1.29, 1.82) is 0 Å². The monoisotopic (exact) mass is 271 g/mol. The third-order valence-corrected chi connectivity index (χ3v) is 3.25. The van der Waals surface area contributed by atoms with Crippen LogP contribution < -0.4 is 0 Å². The van der Waals surface area contributed by atoms with Crippen molar-refractivity contribution >= 4 is 29.1 Å². The Bertz CT molecular complexity index is 409. The van der Waals surface area contributed by atoms with Crippen molar-refractivity contribution in [3.05, 3.63) is 34.3 Å². The number of alkyl halides is 1. The standard InChI is InChI=1S/C13H15Cl2NO/c1-9-6-10(8-11(15)7-9)13(17)16(5-4-14)12-2-3-12/h6-8,12H,2-5H2,1H3. The van der Waals surface area contributed by atoms with Crippen LogP contribution in [0.4, 0.5) is 0 Å². The van der Waals surface area contributed by atoms with Crippen LogP contribution in [0, 0.1) is 6.92 Å². The fourth-order valence-electron chi connectivity index (χ4n) is 1.95. The summed E-state index contributed by atoms with van der Waals surface area (Å²) in [6.07, 6.45) is 2.17. The normalized spacial score (nSPS) is 14.8. The van der Waals surface area contributed by atoms with Gasteiger partial charge in [0.1, 0.15) is 0 Å². The molecule has 0 atom stereocenters. The summed E-state index contributed by atoms with van der Waals surface area (Å²) in [5.74, 6) is 0.515. The van der Waals surface area contributed by atoms with Crippen molar-refractivity contribution in [2.75, 3.05) is 12.4 Å². The molecule has 92 valence electrons. The van der Waals surface area contributed by atoms with E-state index < -0.39 is 0 Å². The average Bonchev–Trinajstić information content (AvgIpc) is 3.07. The minimum atomic E-state index is 0.0405. The molecular formula is C13H15Cl2NO. The van der Waals surface area contributed by atoms with Gasteiger partial charge in [-0.25, -0.2) is 0 Å². The number of amides is 1. The average molecular weight is 272 g/mol. The Morgan fingerprint density at radius 2 is 2.12 bits per heavy atom. The van der Waals surface area contributed by atoms with E-state index in [9.17, 15) is 4.79 Å². The number of aryl methyl sites for hydroxylation is 1. The topological polar surface area (TPSA) is 20.3 Å². The number of carbonyl (C=O) groups is 1. The van der Waals surface area contributed by atoms with Crippen LogP contribution in [0.3, 0.4) is 0 Å². The zero-order valence-corrected chi connectivity index (χ0v) is 11.3. The fourth-order valence-corrected chi connectivity index (χ4v) is 2.42. The van der Waals surface area contributed by atoms with Gasteiger partial charge in [-0.15, -0.1) is 11.6 Å². The van der Waals surface area contributed by atoms with E-state index in [0.717, 1.165) is 18.4 Å². The first kappa shape index (κ1) is 12.7. The molecule has 0 heterocycles. The molecule has 0 aliphatic heterocycles. The van der Waals surface area contributed by atoms with Crippen molar-refractivity contribution in [2.45, 2.75) is 25.8 Å². The summed E-state index contributed by atoms with van der Waals surface area (Å²) in [6, 6.07) is 5.82. The number of hydrogen-bond donors (Lipinski definition) is 0. The van der Waals surface area contributed by atoms with Gasteiger partial charge in [0.05, 0.1) is 0 Å². The van der Waals surface area contributed by atoms with E-state index in [2.05, 4.69) is 0 Å². The lowest BCUT2D eigenvalue weighted by atomic mass is 10.1. The summed E-state index contributed by atoms with van der Waals surface area (Å²) < 4.78 is 0. The number of nitrogens with zero attached hydrogens (tertiary/aromatic N) is 1. The maximum Gasteiger partial charge on any atom is 0.254 e. The first-order chi connectivity index (χ1) is 8.11. The van der Waals surface area contributed by atoms with Gasteiger partial charge >= 0.3 is 0 Å². The van der Waals surface area contributed by atoms with Crippen LogP contribution in [-0.2, 0) is 0 Å². The highest BCUT2D eigenvalue weighted by molar-refractivity contribution is 6.31. The lowest BCUT2D eigenvalue weighted by Crippen LogP contribution is -2.34. The van der Waals surface area contributed by atoms with Crippen LogP contribution in [0.1, 0.15) is 28.8 Å². The minimum absolute atomic E-state index is 0.0405. The molecule has 0 spiro atoms. The molecule has 1 aromatic carbocycles. The maximum absolute atomic E-state index is 12.3. The molecule has 1 amide bonds. The zero-order chi connectivity index (χ0) is 12.4. The second-order valence-electron chi connectivity index (χ2n) is 4.44. The Morgan fingerprint density at radius 1 is 1.41 bits per heavy atom. The van der Waals surface area contributed by atoms with Crippen molar-refractivity contribution in [3.63, 3.8) is 0 Å². The van der Waals surface area contributed by atoms with E-state index in [0.29, 0.717) is 29.1 Å². The van der Waals surface area contributed by atoms with Crippen LogP contribution in [0.5, 0.6) is 0 Å². The Labute approximate surface area is 112 Å². The molecule has 4 heteroatoms. The third kappa shape index (κ3) is 3.14. The first-order valence-electron chi connectivity index (χ1n) is 5.76. The van der Waals surface area contributed by atoms with Crippen molar-refractivity contribution in [2.24, 2.45) is 0 Å². The van der Waals surface area contributed by atoms with Gasteiger partial charge in [0.2, 0.25) is 0 Å². The molecule has 2 rings (SSSR count). The molecular weight excluding hydrogens is 257 g/mol. The summed E-state index contributed by atoms with van der Waals surface area (Å²) >= 11 is 11.7. The van der Waals surface area contributed by atoms with Crippen LogP contribution in [0.15, 0.2) is 18.2 Å². The zero-order valence-electron chi connectivity index (χ0n) is 9.75. The maximum atomic E-state index is 12.3. The molecule has 17 heavy (non-hydrogen) atoms. The van der Waals surface area contributed by atoms with E-state index in [1.165, 1.54) is 0 Å². The Balaban J connectivity index is 2.21. The molecule has 0 radical (unpaired) electrons. The highest BCUT2D eigenvalue weighted by Crippen LogP contribution is 2.28. The third-order valence-electron chi connectivity index (χ3n) is 2.86. The number of rotatable bonds is 4. The van der Waals surface area contributed by atoms with Gasteiger partial charge < -0.3 is 4.90 Å². The lowest BCUT2D eigenvalue weighted by molar-refractivity contribution is 0.0753. The predicted molar refractivity (Wildman–Crippen MR) is 71.0 cm³/mol. The summed E-state index contributed by atoms with van der Waals surface area (Å²) in [5.41, 5.74) is 1.66. The molecule has 0 saturated heterocycles. The van der Waals surface area contributed by atoms with Crippen LogP contribution >= 0.6 is 23.2 Å². The van der Waals surface area contributed by atoms with E-state index in [1.807, 2.05) is 24.0 Å². The van der Waals surface area contributed by atoms with Gasteiger partial charge in [0, 0.05) is 29.1 Å². The van der Waals surface area contributed by atoms with Crippen molar-refractivity contribution < 1.29 is 4.79 Å². The molecule has 0 unspecified atom stereocenters. The quantitative estimate of drug-likeness (QED) is 0.768. The number of hydrogen-bond acceptors (Lipinski definition) is 1. The fraction of sp³-hybridized carbons (Fsp3) is 0.462. The lowest BCUT2D eigenvalue weighted by Gasteiger charge is -2.21. The molecule has 1 aliphatic carbocycles. The SMILES string of the molecule is Cc1cc(Cl)cc(C(=O)N(CCCl)C2CC2)c1. The smallest absolute Gasteiger partial charge is 0.254 e. The predicted octanol–water partition coefficient (Wildman–Crippen LogP) is 3.49. The summed E-state index contributed by atoms with van der Waals surface area (Å²) in [6.45, 7) is 2.54. The highest BCUT2D eigenvalue weighted by Gasteiger charge is 2.32. The summed E-state index contributed by atoms with van der Waals surface area (Å²) in [7, 11) is 0. The number of carbonyl (C=O) groups excluding carboxylic acids is 1. The Kier molecular flexibility index (Phi) is 3.95. The Morgan fingerprint density at radius 3 is 2.65 bits per heavy atom. The molecule has 1 fully saturated rings. The van der Waals surface area contributed by atoms with Crippen molar-refractivity contribution in [3.8, 4) is 0 Å². The molecule has 1 aromatic rings.